The van der Waals surface area contributed by atoms with Crippen molar-refractivity contribution in [2.24, 2.45) is 5.10 Å². The topological polar surface area (TPSA) is 107 Å². The van der Waals surface area contributed by atoms with Gasteiger partial charge in [0.25, 0.3) is 5.95 Å². The van der Waals surface area contributed by atoms with Gasteiger partial charge in [0, 0.05) is 11.3 Å². The molecule has 0 unspecified atom stereocenters. The van der Waals surface area contributed by atoms with Gasteiger partial charge in [-0.1, -0.05) is 30.3 Å². The number of nitrogen functional groups attached to an aromatic ring is 1. The second-order valence-electron chi connectivity index (χ2n) is 5.97. The number of nitrogens with two attached hydrogens (primary N) is 1. The summed E-state index contributed by atoms with van der Waals surface area (Å²) in [5.74, 6) is 7.18. The first-order valence-corrected chi connectivity index (χ1v) is 9.48. The zero-order valence-electron chi connectivity index (χ0n) is 14.6. The molecule has 0 spiro atoms. The maximum atomic E-state index is 12.3. The minimum Gasteiger partial charge on any atom is -0.497 e. The van der Waals surface area contributed by atoms with Crippen molar-refractivity contribution in [1.82, 2.24) is 14.9 Å². The molecule has 0 amide bonds. The summed E-state index contributed by atoms with van der Waals surface area (Å²) in [4.78, 5) is 12.3. The molecular formula is C17H22N6O2S. The van der Waals surface area contributed by atoms with E-state index in [2.05, 4.69) is 20.7 Å². The minimum atomic E-state index is -0.0335. The van der Waals surface area contributed by atoms with Gasteiger partial charge in [-0.2, -0.15) is 5.10 Å². The van der Waals surface area contributed by atoms with Crippen LogP contribution >= 0.6 is 11.8 Å². The first-order chi connectivity index (χ1) is 12.7. The van der Waals surface area contributed by atoms with Crippen molar-refractivity contribution in [3.05, 3.63) is 29.8 Å². The number of nitrogens with zero attached hydrogens (tertiary/aromatic N) is 4. The molecule has 0 radical (unpaired) electrons. The number of ketones is 1. The Bertz CT molecular complexity index is 796. The molecule has 1 aromatic carbocycles. The molecular weight excluding hydrogens is 352 g/mol. The van der Waals surface area contributed by atoms with Crippen molar-refractivity contribution in [1.29, 1.82) is 0 Å². The summed E-state index contributed by atoms with van der Waals surface area (Å²) < 4.78 is 6.46. The van der Waals surface area contributed by atoms with Crippen LogP contribution in [0.4, 0.5) is 5.95 Å². The Morgan fingerprint density at radius 3 is 2.92 bits per heavy atom. The number of Topliss-reactive ketones (excluding diaryl/α,β-unsaturated/α-hetero) is 1. The van der Waals surface area contributed by atoms with Gasteiger partial charge >= 0.3 is 0 Å². The Morgan fingerprint density at radius 2 is 2.15 bits per heavy atom. The highest BCUT2D eigenvalue weighted by Crippen LogP contribution is 2.20. The normalized spacial score (nSPS) is 14.1. The standard InChI is InChI=1S/C17H22N6O2S/c1-25-14-9-5-6-12(10-14)15(24)11-26-17-22-21-16(23(17)18)20-19-13-7-3-2-4-8-13/h5-6,9-10H,2-4,7-8,11,18H2,1H3,(H,20,21). The highest BCUT2D eigenvalue weighted by Gasteiger charge is 2.14. The van der Waals surface area contributed by atoms with Gasteiger partial charge in [-0.05, 0) is 37.8 Å². The molecule has 1 aromatic heterocycles. The smallest absolute Gasteiger partial charge is 0.264 e. The molecule has 2 aromatic rings. The maximum absolute atomic E-state index is 12.3. The van der Waals surface area contributed by atoms with E-state index in [4.69, 9.17) is 10.6 Å². The van der Waals surface area contributed by atoms with E-state index in [1.807, 2.05) is 0 Å². The third-order valence-electron chi connectivity index (χ3n) is 4.13. The highest BCUT2D eigenvalue weighted by molar-refractivity contribution is 7.99. The van der Waals surface area contributed by atoms with Gasteiger partial charge in [-0.15, -0.1) is 10.2 Å². The van der Waals surface area contributed by atoms with Gasteiger partial charge in [0.2, 0.25) is 5.16 Å². The molecule has 0 saturated heterocycles. The number of aromatic nitrogens is 3. The average molecular weight is 374 g/mol. The molecule has 8 nitrogen and oxygen atoms in total. The number of hydrazone groups is 1. The number of methoxy groups -OCH3 is 1. The molecule has 26 heavy (non-hydrogen) atoms. The Morgan fingerprint density at radius 1 is 1.35 bits per heavy atom. The van der Waals surface area contributed by atoms with Crippen molar-refractivity contribution in [2.75, 3.05) is 24.1 Å². The Hall–Kier alpha value is -2.55. The van der Waals surface area contributed by atoms with Crippen LogP contribution in [-0.2, 0) is 0 Å². The monoisotopic (exact) mass is 374 g/mol. The van der Waals surface area contributed by atoms with Gasteiger partial charge in [0.1, 0.15) is 5.75 Å². The lowest BCUT2D eigenvalue weighted by Crippen LogP contribution is -2.15. The quantitative estimate of drug-likeness (QED) is 0.332. The molecule has 1 fully saturated rings. The van der Waals surface area contributed by atoms with Crippen molar-refractivity contribution in [3.63, 3.8) is 0 Å². The fourth-order valence-corrected chi connectivity index (χ4v) is 3.41. The summed E-state index contributed by atoms with van der Waals surface area (Å²) in [6.07, 6.45) is 5.60. The average Bonchev–Trinajstić information content (AvgIpc) is 3.05. The summed E-state index contributed by atoms with van der Waals surface area (Å²) in [6.45, 7) is 0. The van der Waals surface area contributed by atoms with Crippen LogP contribution in [0.25, 0.3) is 0 Å². The van der Waals surface area contributed by atoms with Crippen molar-refractivity contribution in [2.45, 2.75) is 37.3 Å². The van der Waals surface area contributed by atoms with Gasteiger partial charge < -0.3 is 10.6 Å². The number of anilines is 1. The summed E-state index contributed by atoms with van der Waals surface area (Å²) >= 11 is 1.23. The van der Waals surface area contributed by atoms with Crippen molar-refractivity contribution < 1.29 is 9.53 Å². The number of rotatable bonds is 7. The van der Waals surface area contributed by atoms with E-state index < -0.39 is 0 Å². The Kier molecular flexibility index (Phi) is 6.11. The molecule has 138 valence electrons. The third kappa shape index (κ3) is 4.54. The number of ether oxygens (including phenoxy) is 1. The van der Waals surface area contributed by atoms with Gasteiger partial charge in [-0.25, -0.2) is 10.1 Å². The number of thioether (sulfide) groups is 1. The van der Waals surface area contributed by atoms with Gasteiger partial charge in [0.05, 0.1) is 12.9 Å². The van der Waals surface area contributed by atoms with E-state index in [0.29, 0.717) is 22.4 Å². The van der Waals surface area contributed by atoms with Gasteiger partial charge in [-0.3, -0.25) is 4.79 Å². The summed E-state index contributed by atoms with van der Waals surface area (Å²) in [5, 5.41) is 12.8. The molecule has 1 saturated carbocycles. The highest BCUT2D eigenvalue weighted by atomic mass is 32.2. The van der Waals surface area contributed by atoms with Crippen molar-refractivity contribution >= 4 is 29.2 Å². The van der Waals surface area contributed by atoms with Crippen LogP contribution in [0, 0.1) is 0 Å². The first-order valence-electron chi connectivity index (χ1n) is 8.49. The number of nitrogens with one attached hydrogen (secondary N) is 1. The van der Waals surface area contributed by atoms with Crippen molar-refractivity contribution in [3.8, 4) is 5.75 Å². The number of benzene rings is 1. The van der Waals surface area contributed by atoms with Crippen LogP contribution in [-0.4, -0.2) is 39.2 Å². The Labute approximate surface area is 156 Å². The van der Waals surface area contributed by atoms with E-state index in [0.717, 1.165) is 18.6 Å². The van der Waals surface area contributed by atoms with E-state index in [-0.39, 0.29) is 11.5 Å². The molecule has 0 atom stereocenters. The molecule has 3 rings (SSSR count). The van der Waals surface area contributed by atoms with Crippen LogP contribution in [0.3, 0.4) is 0 Å². The number of carbonyl (C=O) groups excluding carboxylic acids is 1. The second-order valence-corrected chi connectivity index (χ2v) is 6.91. The number of carbonyl (C=O) groups is 1. The predicted molar refractivity (Wildman–Crippen MR) is 102 cm³/mol. The lowest BCUT2D eigenvalue weighted by molar-refractivity contribution is 0.102. The molecule has 0 aliphatic heterocycles. The van der Waals surface area contributed by atoms with E-state index in [1.165, 1.54) is 35.7 Å². The van der Waals surface area contributed by atoms with Crippen LogP contribution in [0.1, 0.15) is 42.5 Å². The van der Waals surface area contributed by atoms with Crippen LogP contribution in [0.2, 0.25) is 0 Å². The minimum absolute atomic E-state index is 0.0335. The second kappa shape index (κ2) is 8.70. The van der Waals surface area contributed by atoms with Gasteiger partial charge in [0.15, 0.2) is 5.78 Å². The predicted octanol–water partition coefficient (Wildman–Crippen LogP) is 2.71. The largest absolute Gasteiger partial charge is 0.497 e. The number of hydrogen-bond donors (Lipinski definition) is 2. The maximum Gasteiger partial charge on any atom is 0.264 e. The summed E-state index contributed by atoms with van der Waals surface area (Å²) in [5.41, 5.74) is 4.59. The summed E-state index contributed by atoms with van der Waals surface area (Å²) in [7, 11) is 1.57. The molecule has 1 aliphatic carbocycles. The lowest BCUT2D eigenvalue weighted by atomic mass is 9.99. The Balaban J connectivity index is 1.58. The fraction of sp³-hybridized carbons (Fsp3) is 0.412. The SMILES string of the molecule is COc1cccc(C(=O)CSc2nnc(NN=C3CCCCC3)n2N)c1. The van der Waals surface area contributed by atoms with Crippen LogP contribution in [0.5, 0.6) is 5.75 Å². The fourth-order valence-electron chi connectivity index (χ4n) is 2.66. The van der Waals surface area contributed by atoms with E-state index in [9.17, 15) is 4.79 Å². The van der Waals surface area contributed by atoms with Crippen LogP contribution in [0.15, 0.2) is 34.5 Å². The molecule has 1 aliphatic rings. The number of hydrogen-bond acceptors (Lipinski definition) is 8. The van der Waals surface area contributed by atoms with Crippen LogP contribution < -0.4 is 16.0 Å². The third-order valence-corrected chi connectivity index (χ3v) is 5.08. The summed E-state index contributed by atoms with van der Waals surface area (Å²) in [6, 6.07) is 7.05. The zero-order valence-corrected chi connectivity index (χ0v) is 15.5. The molecule has 1 heterocycles. The molecule has 3 N–H and O–H groups in total. The zero-order chi connectivity index (χ0) is 18.4. The van der Waals surface area contributed by atoms with E-state index in [1.54, 1.807) is 31.4 Å². The molecule has 9 heteroatoms. The molecule has 0 bridgehead atoms. The lowest BCUT2D eigenvalue weighted by Gasteiger charge is -2.12. The first kappa shape index (κ1) is 18.2. The van der Waals surface area contributed by atoms with E-state index >= 15 is 0 Å².